The van der Waals surface area contributed by atoms with Gasteiger partial charge >= 0.3 is 0 Å². The molecule has 0 saturated carbocycles. The molecule has 0 heterocycles. The van der Waals surface area contributed by atoms with Crippen molar-refractivity contribution in [1.29, 1.82) is 5.26 Å². The number of hydrogen-bond acceptors (Lipinski definition) is 4. The number of aliphatic hydroxyl groups is 1. The van der Waals surface area contributed by atoms with Gasteiger partial charge in [0.05, 0.1) is 12.2 Å². The van der Waals surface area contributed by atoms with Crippen molar-refractivity contribution in [3.63, 3.8) is 0 Å². The number of rotatable bonds is 10. The van der Waals surface area contributed by atoms with E-state index in [4.69, 9.17) is 5.26 Å². The zero-order chi connectivity index (χ0) is 19.7. The molecule has 4 heteroatoms. The van der Waals surface area contributed by atoms with Crippen LogP contribution in [0.25, 0.3) is 0 Å². The van der Waals surface area contributed by atoms with Crippen LogP contribution in [-0.2, 0) is 6.42 Å². The van der Waals surface area contributed by atoms with E-state index in [0.29, 0.717) is 12.1 Å². The third-order valence-corrected chi connectivity index (χ3v) is 4.71. The van der Waals surface area contributed by atoms with E-state index in [0.717, 1.165) is 24.0 Å². The van der Waals surface area contributed by atoms with Gasteiger partial charge in [0, 0.05) is 30.5 Å². The molecule has 4 nitrogen and oxygen atoms in total. The van der Waals surface area contributed by atoms with Gasteiger partial charge in [-0.05, 0) is 43.9 Å². The van der Waals surface area contributed by atoms with Crippen molar-refractivity contribution in [3.05, 3.63) is 71.3 Å². The fourth-order valence-corrected chi connectivity index (χ4v) is 2.93. The molecule has 0 saturated heterocycles. The summed E-state index contributed by atoms with van der Waals surface area (Å²) in [6.07, 6.45) is 1.70. The largest absolute Gasteiger partial charge is 0.387 e. The maximum atomic E-state index is 12.1. The Hall–Kier alpha value is -2.48. The van der Waals surface area contributed by atoms with Crippen LogP contribution in [0.1, 0.15) is 60.7 Å². The van der Waals surface area contributed by atoms with Crippen LogP contribution < -0.4 is 5.32 Å². The fraction of sp³-hybridized carbons (Fsp3) is 0.391. The lowest BCUT2D eigenvalue weighted by atomic mass is 9.93. The Labute approximate surface area is 161 Å². The number of Topliss-reactive ketones (excluding diaryl/α,β-unsaturated/α-hetero) is 1. The summed E-state index contributed by atoms with van der Waals surface area (Å²) < 4.78 is 0. The standard InChI is InChI=1S/C23H28N2O2/c1-23(2,25-17-22(27)19-9-4-3-5-10-19)14-13-18-8-6-11-20(16-18)21(26)12-7-15-24/h3-6,8-11,16,22,25,27H,7,12-14,17H2,1-2H3. The second-order valence-corrected chi connectivity index (χ2v) is 7.47. The van der Waals surface area contributed by atoms with Gasteiger partial charge in [0.2, 0.25) is 0 Å². The van der Waals surface area contributed by atoms with Crippen molar-refractivity contribution < 1.29 is 9.90 Å². The smallest absolute Gasteiger partial charge is 0.163 e. The third kappa shape index (κ3) is 6.97. The van der Waals surface area contributed by atoms with Crippen molar-refractivity contribution in [1.82, 2.24) is 5.32 Å². The number of aliphatic hydroxyl groups excluding tert-OH is 1. The maximum Gasteiger partial charge on any atom is 0.163 e. The first-order chi connectivity index (χ1) is 12.9. The topological polar surface area (TPSA) is 73.1 Å². The number of β-amino-alcohol motifs (C(OH)–C–C–N with tert-alkyl or cyclic N) is 1. The summed E-state index contributed by atoms with van der Waals surface area (Å²) in [4.78, 5) is 12.1. The monoisotopic (exact) mass is 364 g/mol. The molecule has 0 fully saturated rings. The number of nitrogens with one attached hydrogen (secondary N) is 1. The molecular weight excluding hydrogens is 336 g/mol. The van der Waals surface area contributed by atoms with Crippen LogP contribution in [0, 0.1) is 11.3 Å². The Morgan fingerprint density at radius 1 is 1.19 bits per heavy atom. The summed E-state index contributed by atoms with van der Waals surface area (Å²) in [6, 6.07) is 19.3. The molecule has 27 heavy (non-hydrogen) atoms. The Morgan fingerprint density at radius 2 is 1.93 bits per heavy atom. The van der Waals surface area contributed by atoms with E-state index in [-0.39, 0.29) is 24.2 Å². The highest BCUT2D eigenvalue weighted by atomic mass is 16.3. The van der Waals surface area contributed by atoms with Gasteiger partial charge in [0.25, 0.3) is 0 Å². The maximum absolute atomic E-state index is 12.1. The molecular formula is C23H28N2O2. The van der Waals surface area contributed by atoms with E-state index in [1.807, 2.05) is 60.7 Å². The summed E-state index contributed by atoms with van der Waals surface area (Å²) in [6.45, 7) is 4.73. The number of carbonyl (C=O) groups is 1. The summed E-state index contributed by atoms with van der Waals surface area (Å²) in [7, 11) is 0. The molecule has 0 bridgehead atoms. The number of ketones is 1. The van der Waals surface area contributed by atoms with Crippen molar-refractivity contribution in [3.8, 4) is 6.07 Å². The summed E-state index contributed by atoms with van der Waals surface area (Å²) in [5.74, 6) is 0.0155. The van der Waals surface area contributed by atoms with E-state index in [9.17, 15) is 9.90 Å². The number of nitrogens with zero attached hydrogens (tertiary/aromatic N) is 1. The van der Waals surface area contributed by atoms with Crippen LogP contribution in [0.2, 0.25) is 0 Å². The fourth-order valence-electron chi connectivity index (χ4n) is 2.93. The summed E-state index contributed by atoms with van der Waals surface area (Å²) >= 11 is 0. The lowest BCUT2D eigenvalue weighted by molar-refractivity contribution is 0.0984. The Kier molecular flexibility index (Phi) is 7.72. The molecule has 2 aromatic rings. The second-order valence-electron chi connectivity index (χ2n) is 7.47. The molecule has 142 valence electrons. The summed E-state index contributed by atoms with van der Waals surface area (Å²) in [5.41, 5.74) is 2.55. The van der Waals surface area contributed by atoms with E-state index in [2.05, 4.69) is 19.2 Å². The van der Waals surface area contributed by atoms with Crippen molar-refractivity contribution in [2.75, 3.05) is 6.54 Å². The van der Waals surface area contributed by atoms with E-state index in [1.54, 1.807) is 0 Å². The van der Waals surface area contributed by atoms with Gasteiger partial charge in [-0.15, -0.1) is 0 Å². The highest BCUT2D eigenvalue weighted by Gasteiger charge is 2.19. The molecule has 2 aromatic carbocycles. The number of hydrogen-bond donors (Lipinski definition) is 2. The molecule has 1 unspecified atom stereocenters. The molecule has 0 radical (unpaired) electrons. The molecule has 0 aliphatic rings. The van der Waals surface area contributed by atoms with Crippen LogP contribution in [0.5, 0.6) is 0 Å². The molecule has 0 amide bonds. The van der Waals surface area contributed by atoms with Crippen molar-refractivity contribution >= 4 is 5.78 Å². The molecule has 2 N–H and O–H groups in total. The second kappa shape index (κ2) is 10.0. The summed E-state index contributed by atoms with van der Waals surface area (Å²) in [5, 5.41) is 22.4. The van der Waals surface area contributed by atoms with E-state index >= 15 is 0 Å². The van der Waals surface area contributed by atoms with Gasteiger partial charge in [0.15, 0.2) is 5.78 Å². The average Bonchev–Trinajstić information content (AvgIpc) is 2.69. The van der Waals surface area contributed by atoms with Crippen LogP contribution in [0.3, 0.4) is 0 Å². The van der Waals surface area contributed by atoms with Crippen LogP contribution in [0.15, 0.2) is 54.6 Å². The Balaban J connectivity index is 1.87. The van der Waals surface area contributed by atoms with Crippen molar-refractivity contribution in [2.24, 2.45) is 0 Å². The lowest BCUT2D eigenvalue weighted by Crippen LogP contribution is -2.42. The zero-order valence-corrected chi connectivity index (χ0v) is 16.1. The quantitative estimate of drug-likeness (QED) is 0.620. The molecule has 0 spiro atoms. The minimum atomic E-state index is -0.536. The molecule has 0 aliphatic carbocycles. The number of nitriles is 1. The first kappa shape index (κ1) is 20.8. The molecule has 0 aliphatic heterocycles. The normalized spacial score (nSPS) is 12.4. The lowest BCUT2D eigenvalue weighted by Gasteiger charge is -2.28. The molecule has 1 atom stereocenters. The van der Waals surface area contributed by atoms with Gasteiger partial charge < -0.3 is 10.4 Å². The molecule has 0 aromatic heterocycles. The minimum absolute atomic E-state index is 0.0155. The van der Waals surface area contributed by atoms with Gasteiger partial charge in [-0.25, -0.2) is 0 Å². The Morgan fingerprint density at radius 3 is 2.63 bits per heavy atom. The van der Waals surface area contributed by atoms with Crippen molar-refractivity contribution in [2.45, 2.75) is 51.2 Å². The number of benzene rings is 2. The van der Waals surface area contributed by atoms with Gasteiger partial charge in [-0.3, -0.25) is 4.79 Å². The molecule has 2 rings (SSSR count). The van der Waals surface area contributed by atoms with Gasteiger partial charge in [-0.2, -0.15) is 5.26 Å². The average molecular weight is 364 g/mol. The highest BCUT2D eigenvalue weighted by Crippen LogP contribution is 2.18. The highest BCUT2D eigenvalue weighted by molar-refractivity contribution is 5.96. The Bertz CT molecular complexity index is 778. The third-order valence-electron chi connectivity index (χ3n) is 4.71. The van der Waals surface area contributed by atoms with Crippen LogP contribution >= 0.6 is 0 Å². The number of carbonyl (C=O) groups excluding carboxylic acids is 1. The first-order valence-electron chi connectivity index (χ1n) is 9.38. The van der Waals surface area contributed by atoms with Gasteiger partial charge in [0.1, 0.15) is 0 Å². The minimum Gasteiger partial charge on any atom is -0.387 e. The number of aryl methyl sites for hydroxylation is 1. The first-order valence-corrected chi connectivity index (χ1v) is 9.38. The van der Waals surface area contributed by atoms with Gasteiger partial charge in [-0.1, -0.05) is 48.5 Å². The zero-order valence-electron chi connectivity index (χ0n) is 16.1. The SMILES string of the molecule is CC(C)(CCc1cccc(C(=O)CCC#N)c1)NCC(O)c1ccccc1. The predicted molar refractivity (Wildman–Crippen MR) is 107 cm³/mol. The van der Waals surface area contributed by atoms with Crippen LogP contribution in [0.4, 0.5) is 0 Å². The van der Waals surface area contributed by atoms with E-state index in [1.165, 1.54) is 0 Å². The van der Waals surface area contributed by atoms with E-state index < -0.39 is 6.10 Å². The predicted octanol–water partition coefficient (Wildman–Crippen LogP) is 4.21. The van der Waals surface area contributed by atoms with Crippen LogP contribution in [-0.4, -0.2) is 23.0 Å².